The zero-order valence-electron chi connectivity index (χ0n) is 9.88. The van der Waals surface area contributed by atoms with Gasteiger partial charge in [0, 0.05) is 11.8 Å². The molecule has 0 aromatic carbocycles. The molecule has 3 aliphatic rings. The molecule has 0 unspecified atom stereocenters. The van der Waals surface area contributed by atoms with Gasteiger partial charge in [-0.3, -0.25) is 4.79 Å². The predicted molar refractivity (Wildman–Crippen MR) is 57.5 cm³/mol. The predicted octanol–water partition coefficient (Wildman–Crippen LogP) is 2.56. The first-order valence-corrected chi connectivity index (χ1v) is 6.13. The van der Waals surface area contributed by atoms with E-state index in [4.69, 9.17) is 4.74 Å². The molecule has 84 valence electrons. The molecular formula is C13H20O2. The van der Waals surface area contributed by atoms with E-state index in [2.05, 4.69) is 20.8 Å². The van der Waals surface area contributed by atoms with Crippen LogP contribution >= 0.6 is 0 Å². The van der Waals surface area contributed by atoms with Crippen LogP contribution in [0.1, 0.15) is 46.5 Å². The number of ether oxygens (including phenoxy) is 1. The molecule has 0 radical (unpaired) electrons. The van der Waals surface area contributed by atoms with Crippen LogP contribution < -0.4 is 0 Å². The highest BCUT2D eigenvalue weighted by Gasteiger charge is 2.65. The molecule has 2 heteroatoms. The lowest BCUT2D eigenvalue weighted by molar-refractivity contribution is -0.127. The van der Waals surface area contributed by atoms with Crippen LogP contribution in [0.25, 0.3) is 0 Å². The molecule has 2 aliphatic carbocycles. The third-order valence-corrected chi connectivity index (χ3v) is 5.14. The van der Waals surface area contributed by atoms with E-state index >= 15 is 0 Å². The lowest BCUT2D eigenvalue weighted by Gasteiger charge is -2.51. The first kappa shape index (κ1) is 9.83. The van der Waals surface area contributed by atoms with Gasteiger partial charge in [-0.15, -0.1) is 0 Å². The summed E-state index contributed by atoms with van der Waals surface area (Å²) in [5.41, 5.74) is 0.597. The van der Waals surface area contributed by atoms with Gasteiger partial charge in [0.05, 0.1) is 6.10 Å². The fourth-order valence-electron chi connectivity index (χ4n) is 4.19. The second kappa shape index (κ2) is 2.65. The van der Waals surface area contributed by atoms with Crippen molar-refractivity contribution < 1.29 is 9.53 Å². The van der Waals surface area contributed by atoms with Crippen LogP contribution in [0.15, 0.2) is 0 Å². The van der Waals surface area contributed by atoms with E-state index in [-0.39, 0.29) is 17.6 Å². The summed E-state index contributed by atoms with van der Waals surface area (Å²) in [6.07, 6.45) is 4.78. The van der Waals surface area contributed by atoms with Gasteiger partial charge in [0.1, 0.15) is 6.10 Å². The van der Waals surface area contributed by atoms with E-state index in [1.165, 1.54) is 19.3 Å². The maximum Gasteiger partial charge on any atom is 0.164 e. The van der Waals surface area contributed by atoms with E-state index < -0.39 is 0 Å². The molecule has 4 atom stereocenters. The topological polar surface area (TPSA) is 29.6 Å². The highest BCUT2D eigenvalue weighted by atomic mass is 16.6. The molecular weight excluding hydrogens is 188 g/mol. The average molecular weight is 208 g/mol. The standard InChI is InChI=1S/C13H20O2/c1-12(2)5-4-6-13(3)9(12)7-8(14)10-11(13)15-10/h9-11H,4-7H2,1-3H3/t9-,10-,11-,13+/m1/s1. The van der Waals surface area contributed by atoms with Gasteiger partial charge >= 0.3 is 0 Å². The molecule has 15 heavy (non-hydrogen) atoms. The van der Waals surface area contributed by atoms with Gasteiger partial charge in [-0.25, -0.2) is 0 Å². The minimum Gasteiger partial charge on any atom is -0.361 e. The zero-order chi connectivity index (χ0) is 10.8. The number of ketones is 1. The lowest BCUT2D eigenvalue weighted by Crippen LogP contribution is -2.50. The van der Waals surface area contributed by atoms with Crippen LogP contribution in [0.3, 0.4) is 0 Å². The van der Waals surface area contributed by atoms with Gasteiger partial charge in [0.25, 0.3) is 0 Å². The van der Waals surface area contributed by atoms with Gasteiger partial charge in [-0.1, -0.05) is 27.2 Å². The lowest BCUT2D eigenvalue weighted by atomic mass is 9.51. The summed E-state index contributed by atoms with van der Waals surface area (Å²) in [5, 5.41) is 0. The second-order valence-corrected chi connectivity index (χ2v) is 6.55. The van der Waals surface area contributed by atoms with E-state index in [1.54, 1.807) is 0 Å². The summed E-state index contributed by atoms with van der Waals surface area (Å²) >= 11 is 0. The van der Waals surface area contributed by atoms with Gasteiger partial charge in [-0.05, 0) is 24.2 Å². The summed E-state index contributed by atoms with van der Waals surface area (Å²) in [6, 6.07) is 0. The maximum absolute atomic E-state index is 11.8. The quantitative estimate of drug-likeness (QED) is 0.573. The number of carbonyl (C=O) groups excluding carboxylic acids is 1. The molecule has 1 aliphatic heterocycles. The highest BCUT2D eigenvalue weighted by molar-refractivity contribution is 5.87. The molecule has 0 aromatic rings. The van der Waals surface area contributed by atoms with Crippen molar-refractivity contribution in [1.82, 2.24) is 0 Å². The number of epoxide rings is 1. The summed E-state index contributed by atoms with van der Waals surface area (Å²) < 4.78 is 5.61. The minimum atomic E-state index is -0.0276. The Kier molecular flexibility index (Phi) is 1.74. The fraction of sp³-hybridized carbons (Fsp3) is 0.923. The van der Waals surface area contributed by atoms with E-state index in [1.807, 2.05) is 0 Å². The molecule has 2 nitrogen and oxygen atoms in total. The molecule has 0 spiro atoms. The van der Waals surface area contributed by atoms with Crippen LogP contribution in [-0.2, 0) is 9.53 Å². The molecule has 3 fully saturated rings. The van der Waals surface area contributed by atoms with Crippen LogP contribution in [0.2, 0.25) is 0 Å². The number of Topliss-reactive ketones (excluding diaryl/α,β-unsaturated/α-hetero) is 1. The van der Waals surface area contributed by atoms with Crippen LogP contribution in [0.4, 0.5) is 0 Å². The summed E-state index contributed by atoms with van der Waals surface area (Å²) in [6.45, 7) is 6.99. The van der Waals surface area contributed by atoms with Crippen molar-refractivity contribution in [1.29, 1.82) is 0 Å². The number of hydrogen-bond donors (Lipinski definition) is 0. The van der Waals surface area contributed by atoms with Crippen LogP contribution in [-0.4, -0.2) is 18.0 Å². The van der Waals surface area contributed by atoms with Gasteiger partial charge in [0.15, 0.2) is 5.78 Å². The molecule has 3 rings (SSSR count). The van der Waals surface area contributed by atoms with Crippen molar-refractivity contribution in [2.24, 2.45) is 16.7 Å². The SMILES string of the molecule is CC1(C)CCC[C@]2(C)[C@@H]3O[C@@H]3C(=O)C[C@H]12. The summed E-state index contributed by atoms with van der Waals surface area (Å²) in [4.78, 5) is 11.8. The smallest absolute Gasteiger partial charge is 0.164 e. The Bertz CT molecular complexity index is 320. The Morgan fingerprint density at radius 2 is 2.00 bits per heavy atom. The Hall–Kier alpha value is -0.370. The zero-order valence-corrected chi connectivity index (χ0v) is 9.88. The Labute approximate surface area is 91.4 Å². The van der Waals surface area contributed by atoms with Crippen molar-refractivity contribution >= 4 is 5.78 Å². The van der Waals surface area contributed by atoms with Crippen molar-refractivity contribution in [3.05, 3.63) is 0 Å². The summed E-state index contributed by atoms with van der Waals surface area (Å²) in [5.74, 6) is 0.896. The number of rotatable bonds is 0. The van der Waals surface area contributed by atoms with E-state index in [9.17, 15) is 4.79 Å². The van der Waals surface area contributed by atoms with Crippen LogP contribution in [0.5, 0.6) is 0 Å². The molecule has 1 heterocycles. The van der Waals surface area contributed by atoms with Crippen molar-refractivity contribution in [3.63, 3.8) is 0 Å². The molecule has 0 N–H and O–H groups in total. The third-order valence-electron chi connectivity index (χ3n) is 5.14. The molecule has 0 bridgehead atoms. The molecule has 2 saturated carbocycles. The largest absolute Gasteiger partial charge is 0.361 e. The fourth-order valence-corrected chi connectivity index (χ4v) is 4.19. The van der Waals surface area contributed by atoms with Gasteiger partial charge in [-0.2, -0.15) is 0 Å². The number of carbonyl (C=O) groups is 1. The Morgan fingerprint density at radius 3 is 2.73 bits per heavy atom. The maximum atomic E-state index is 11.8. The van der Waals surface area contributed by atoms with E-state index in [0.717, 1.165) is 6.42 Å². The number of fused-ring (bicyclic) bond motifs is 3. The number of hydrogen-bond acceptors (Lipinski definition) is 2. The highest BCUT2D eigenvalue weighted by Crippen LogP contribution is 2.61. The minimum absolute atomic E-state index is 0.0276. The molecule has 0 amide bonds. The van der Waals surface area contributed by atoms with Crippen molar-refractivity contribution in [2.75, 3.05) is 0 Å². The third kappa shape index (κ3) is 1.17. The monoisotopic (exact) mass is 208 g/mol. The Morgan fingerprint density at radius 1 is 1.27 bits per heavy atom. The van der Waals surface area contributed by atoms with E-state index in [0.29, 0.717) is 17.1 Å². The first-order valence-electron chi connectivity index (χ1n) is 6.13. The normalized spacial score (nSPS) is 51.9. The van der Waals surface area contributed by atoms with Gasteiger partial charge < -0.3 is 4.74 Å². The average Bonchev–Trinajstić information content (AvgIpc) is 2.89. The van der Waals surface area contributed by atoms with Crippen molar-refractivity contribution in [3.8, 4) is 0 Å². The van der Waals surface area contributed by atoms with Gasteiger partial charge in [0.2, 0.25) is 0 Å². The first-order chi connectivity index (χ1) is 6.95. The Balaban J connectivity index is 1.98. The van der Waals surface area contributed by atoms with Crippen molar-refractivity contribution in [2.45, 2.75) is 58.7 Å². The van der Waals surface area contributed by atoms with Crippen LogP contribution in [0, 0.1) is 16.7 Å². The summed E-state index contributed by atoms with van der Waals surface area (Å²) in [7, 11) is 0. The molecule has 1 saturated heterocycles. The second-order valence-electron chi connectivity index (χ2n) is 6.55. The molecule has 0 aromatic heterocycles.